The van der Waals surface area contributed by atoms with E-state index >= 15 is 0 Å². The van der Waals surface area contributed by atoms with Gasteiger partial charge in [-0.05, 0) is 65.6 Å². The van der Waals surface area contributed by atoms with E-state index in [1.165, 1.54) is 25.7 Å². The molecule has 29 heavy (non-hydrogen) atoms. The van der Waals surface area contributed by atoms with Gasteiger partial charge in [0.15, 0.2) is 0 Å². The predicted molar refractivity (Wildman–Crippen MR) is 121 cm³/mol. The molecule has 1 saturated heterocycles. The fourth-order valence-corrected chi connectivity index (χ4v) is 5.35. The number of ether oxygens (including phenoxy) is 3. The van der Waals surface area contributed by atoms with Crippen LogP contribution >= 0.6 is 0 Å². The van der Waals surface area contributed by atoms with Crippen LogP contribution in [0.5, 0.6) is 0 Å². The first kappa shape index (κ1) is 26.5. The molecule has 0 saturated carbocycles. The Balaban J connectivity index is 2.59. The van der Waals surface area contributed by atoms with Crippen molar-refractivity contribution in [1.82, 2.24) is 0 Å². The molecule has 0 aromatic heterocycles. The van der Waals surface area contributed by atoms with Crippen molar-refractivity contribution in [2.24, 2.45) is 0 Å². The number of hydrogen-bond acceptors (Lipinski definition) is 5. The summed E-state index contributed by atoms with van der Waals surface area (Å²) < 4.78 is 30.2. The average molecular weight is 429 g/mol. The quantitative estimate of drug-likeness (QED) is 0.297. The van der Waals surface area contributed by atoms with Gasteiger partial charge in [-0.25, -0.2) is 0 Å². The molecule has 5 unspecified atom stereocenters. The smallest absolute Gasteiger partial charge is 0.361 e. The molecule has 5 nitrogen and oxygen atoms in total. The van der Waals surface area contributed by atoms with Gasteiger partial charge >= 0.3 is 8.56 Å². The standard InChI is InChI=1S/C23H44O5Si/c1-7-8-9-10-11-12-13-14-15-29(6)27-19-22(4)25-17-20(2)24-16-21(3)26-18-23(5)28-29/h7,14-15,20-23H,1,8-13,16-19H2,2-6H3/b15-14-. The van der Waals surface area contributed by atoms with Crippen molar-refractivity contribution in [3.05, 3.63) is 24.4 Å². The van der Waals surface area contributed by atoms with Crippen molar-refractivity contribution >= 4 is 8.56 Å². The lowest BCUT2D eigenvalue weighted by Crippen LogP contribution is -2.44. The Labute approximate surface area is 180 Å². The maximum Gasteiger partial charge on any atom is 0.361 e. The maximum atomic E-state index is 6.36. The van der Waals surface area contributed by atoms with Crippen LogP contribution < -0.4 is 0 Å². The van der Waals surface area contributed by atoms with Crippen LogP contribution in [0.3, 0.4) is 0 Å². The molecule has 0 amide bonds. The minimum Gasteiger partial charge on any atom is -0.389 e. The summed E-state index contributed by atoms with van der Waals surface area (Å²) in [6.07, 6.45) is 11.4. The molecule has 1 heterocycles. The number of allylic oxidation sites excluding steroid dienone is 2. The van der Waals surface area contributed by atoms with Gasteiger partial charge in [-0.2, -0.15) is 0 Å². The molecule has 0 radical (unpaired) electrons. The van der Waals surface area contributed by atoms with Gasteiger partial charge in [-0.15, -0.1) is 6.58 Å². The molecule has 1 fully saturated rings. The van der Waals surface area contributed by atoms with Crippen LogP contribution in [0.2, 0.25) is 6.55 Å². The van der Waals surface area contributed by atoms with Crippen LogP contribution in [0.25, 0.3) is 0 Å². The van der Waals surface area contributed by atoms with Crippen LogP contribution in [0.15, 0.2) is 24.4 Å². The van der Waals surface area contributed by atoms with Crippen LogP contribution in [0.1, 0.15) is 66.2 Å². The van der Waals surface area contributed by atoms with Crippen LogP contribution in [0.4, 0.5) is 0 Å². The van der Waals surface area contributed by atoms with E-state index in [1.807, 2.05) is 33.8 Å². The van der Waals surface area contributed by atoms with Gasteiger partial charge in [0.05, 0.1) is 50.8 Å². The minimum absolute atomic E-state index is 0.00153. The zero-order valence-corrected chi connectivity index (χ0v) is 20.4. The molecule has 0 spiro atoms. The molecule has 1 aliphatic heterocycles. The van der Waals surface area contributed by atoms with Crippen molar-refractivity contribution in [3.8, 4) is 0 Å². The lowest BCUT2D eigenvalue weighted by molar-refractivity contribution is -0.0891. The lowest BCUT2D eigenvalue weighted by Gasteiger charge is -2.30. The summed E-state index contributed by atoms with van der Waals surface area (Å²) in [5.74, 6) is 0. The third-order valence-electron chi connectivity index (χ3n) is 4.84. The van der Waals surface area contributed by atoms with Gasteiger partial charge in [-0.3, -0.25) is 0 Å². The predicted octanol–water partition coefficient (Wildman–Crippen LogP) is 5.33. The number of unbranched alkanes of at least 4 members (excludes halogenated alkanes) is 5. The first-order valence-corrected chi connectivity index (χ1v) is 13.7. The Morgan fingerprint density at radius 2 is 1.28 bits per heavy atom. The van der Waals surface area contributed by atoms with Gasteiger partial charge in [0, 0.05) is 0 Å². The van der Waals surface area contributed by atoms with Gasteiger partial charge in [0.1, 0.15) is 0 Å². The van der Waals surface area contributed by atoms with E-state index < -0.39 is 8.56 Å². The average Bonchev–Trinajstić information content (AvgIpc) is 2.69. The summed E-state index contributed by atoms with van der Waals surface area (Å²) in [6, 6.07) is 0. The highest BCUT2D eigenvalue weighted by molar-refractivity contribution is 6.71. The second-order valence-corrected chi connectivity index (χ2v) is 11.3. The van der Waals surface area contributed by atoms with Crippen LogP contribution in [-0.4, -0.2) is 59.4 Å². The Hall–Kier alpha value is -0.503. The SMILES string of the molecule is C=CCCCCCC/C=C\[Si]1(C)OCC(C)OCC(C)OCC(C)OCC(C)O1. The number of hydrogen-bond donors (Lipinski definition) is 0. The first-order chi connectivity index (χ1) is 13.8. The third-order valence-corrected chi connectivity index (χ3v) is 7.29. The van der Waals surface area contributed by atoms with Crippen molar-refractivity contribution < 1.29 is 23.1 Å². The number of rotatable bonds is 8. The lowest BCUT2D eigenvalue weighted by atomic mass is 10.1. The highest BCUT2D eigenvalue weighted by Crippen LogP contribution is 2.16. The van der Waals surface area contributed by atoms with Crippen molar-refractivity contribution in [2.75, 3.05) is 26.4 Å². The maximum absolute atomic E-state index is 6.36. The summed E-state index contributed by atoms with van der Waals surface area (Å²) in [5.41, 5.74) is 2.18. The summed E-state index contributed by atoms with van der Waals surface area (Å²) in [5, 5.41) is 0. The topological polar surface area (TPSA) is 46.2 Å². The fraction of sp³-hybridized carbons (Fsp3) is 0.826. The molecule has 0 bridgehead atoms. The van der Waals surface area contributed by atoms with Gasteiger partial charge < -0.3 is 23.1 Å². The van der Waals surface area contributed by atoms with Crippen molar-refractivity contribution in [3.63, 3.8) is 0 Å². The van der Waals surface area contributed by atoms with Crippen LogP contribution in [-0.2, 0) is 23.1 Å². The van der Waals surface area contributed by atoms with E-state index in [4.69, 9.17) is 23.1 Å². The molecule has 1 rings (SSSR count). The Morgan fingerprint density at radius 1 is 0.759 bits per heavy atom. The normalized spacial score (nSPS) is 33.4. The zero-order valence-electron chi connectivity index (χ0n) is 19.4. The van der Waals surface area contributed by atoms with E-state index in [2.05, 4.69) is 24.9 Å². The molecule has 5 atom stereocenters. The monoisotopic (exact) mass is 428 g/mol. The third kappa shape index (κ3) is 13.4. The molecule has 1 aliphatic rings. The highest BCUT2D eigenvalue weighted by atomic mass is 28.4. The Bertz CT molecular complexity index is 459. The molecule has 0 N–H and O–H groups in total. The Kier molecular flexibility index (Phi) is 14.0. The molecule has 0 aromatic carbocycles. The highest BCUT2D eigenvalue weighted by Gasteiger charge is 2.32. The van der Waals surface area contributed by atoms with E-state index in [0.717, 1.165) is 12.8 Å². The summed E-state index contributed by atoms with van der Waals surface area (Å²) in [6.45, 7) is 16.2. The molecule has 0 aromatic rings. The summed E-state index contributed by atoms with van der Waals surface area (Å²) >= 11 is 0. The second-order valence-electron chi connectivity index (χ2n) is 8.37. The Morgan fingerprint density at radius 3 is 1.86 bits per heavy atom. The minimum atomic E-state index is -2.45. The zero-order chi connectivity index (χ0) is 21.5. The molecular formula is C23H44O5Si. The van der Waals surface area contributed by atoms with Gasteiger partial charge in [0.2, 0.25) is 0 Å². The second kappa shape index (κ2) is 15.3. The molecular weight excluding hydrogens is 384 g/mol. The fourth-order valence-electron chi connectivity index (χ4n) is 3.08. The molecule has 0 aliphatic carbocycles. The van der Waals surface area contributed by atoms with E-state index in [-0.39, 0.29) is 24.4 Å². The largest absolute Gasteiger partial charge is 0.389 e. The van der Waals surface area contributed by atoms with Crippen LogP contribution in [0, 0.1) is 0 Å². The summed E-state index contributed by atoms with van der Waals surface area (Å²) in [7, 11) is -2.45. The molecule has 6 heteroatoms. The molecule has 170 valence electrons. The van der Waals surface area contributed by atoms with E-state index in [1.54, 1.807) is 0 Å². The van der Waals surface area contributed by atoms with Crippen molar-refractivity contribution in [2.45, 2.75) is 97.2 Å². The van der Waals surface area contributed by atoms with E-state index in [9.17, 15) is 0 Å². The van der Waals surface area contributed by atoms with Gasteiger partial charge in [-0.1, -0.05) is 25.0 Å². The van der Waals surface area contributed by atoms with E-state index in [0.29, 0.717) is 26.4 Å². The first-order valence-electron chi connectivity index (χ1n) is 11.3. The van der Waals surface area contributed by atoms with Gasteiger partial charge in [0.25, 0.3) is 0 Å². The van der Waals surface area contributed by atoms with Crippen molar-refractivity contribution in [1.29, 1.82) is 0 Å². The summed E-state index contributed by atoms with van der Waals surface area (Å²) in [4.78, 5) is 0.